The molecule has 0 aromatic rings. The van der Waals surface area contributed by atoms with Crippen LogP contribution in [0.25, 0.3) is 0 Å². The lowest BCUT2D eigenvalue weighted by molar-refractivity contribution is -0.126. The lowest BCUT2D eigenvalue weighted by atomic mass is 9.89. The van der Waals surface area contributed by atoms with E-state index in [2.05, 4.69) is 22.5 Å². The van der Waals surface area contributed by atoms with Crippen LogP contribution in [0.5, 0.6) is 0 Å². The minimum Gasteiger partial charge on any atom is -0.354 e. The topological polar surface area (TPSA) is 44.4 Å². The normalized spacial score (nSPS) is 30.6. The summed E-state index contributed by atoms with van der Waals surface area (Å²) < 4.78 is 0. The fourth-order valence-electron chi connectivity index (χ4n) is 4.47. The third-order valence-corrected chi connectivity index (χ3v) is 5.87. The molecule has 1 atom stereocenters. The van der Waals surface area contributed by atoms with Crippen LogP contribution in [0.3, 0.4) is 0 Å². The quantitative estimate of drug-likeness (QED) is 0.832. The fraction of sp³-hybridized carbons (Fsp3) is 0.941. The van der Waals surface area contributed by atoms with Crippen LogP contribution in [0.4, 0.5) is 0 Å². The maximum Gasteiger partial charge on any atom is 0.237 e. The van der Waals surface area contributed by atoms with Crippen LogP contribution in [-0.2, 0) is 4.79 Å². The molecule has 1 aliphatic carbocycles. The molecule has 2 heterocycles. The van der Waals surface area contributed by atoms with E-state index in [0.717, 1.165) is 32.6 Å². The summed E-state index contributed by atoms with van der Waals surface area (Å²) in [7, 11) is 0. The Morgan fingerprint density at radius 2 is 1.90 bits per heavy atom. The molecule has 1 amide bonds. The number of amides is 1. The Balaban J connectivity index is 1.53. The number of hydrogen-bond acceptors (Lipinski definition) is 3. The standard InChI is InChI=1S/C17H31N3O/c1-17(8-2-3-9-17)13-19-16(21)15-5-4-12-20(15)14-6-10-18-11-7-14/h14-15,18H,2-13H2,1H3,(H,19,21). The molecule has 120 valence electrons. The van der Waals surface area contributed by atoms with Crippen molar-refractivity contribution in [3.8, 4) is 0 Å². The second kappa shape index (κ2) is 6.66. The van der Waals surface area contributed by atoms with Gasteiger partial charge in [-0.3, -0.25) is 9.69 Å². The number of rotatable bonds is 4. The van der Waals surface area contributed by atoms with E-state index in [-0.39, 0.29) is 6.04 Å². The van der Waals surface area contributed by atoms with Gasteiger partial charge in [0, 0.05) is 12.6 Å². The molecule has 0 aromatic heterocycles. The predicted molar refractivity (Wildman–Crippen MR) is 85.2 cm³/mol. The molecule has 1 unspecified atom stereocenters. The van der Waals surface area contributed by atoms with E-state index >= 15 is 0 Å². The highest BCUT2D eigenvalue weighted by Crippen LogP contribution is 2.36. The van der Waals surface area contributed by atoms with E-state index in [9.17, 15) is 4.79 Å². The van der Waals surface area contributed by atoms with E-state index in [1.165, 1.54) is 44.9 Å². The van der Waals surface area contributed by atoms with Gasteiger partial charge in [0.25, 0.3) is 0 Å². The minimum absolute atomic E-state index is 0.137. The Labute approximate surface area is 129 Å². The van der Waals surface area contributed by atoms with Crippen molar-refractivity contribution in [1.29, 1.82) is 0 Å². The third-order valence-electron chi connectivity index (χ3n) is 5.87. The highest BCUT2D eigenvalue weighted by atomic mass is 16.2. The molecule has 3 aliphatic rings. The van der Waals surface area contributed by atoms with Crippen molar-refractivity contribution in [3.05, 3.63) is 0 Å². The van der Waals surface area contributed by atoms with Gasteiger partial charge >= 0.3 is 0 Å². The molecule has 2 aliphatic heterocycles. The third kappa shape index (κ3) is 3.59. The van der Waals surface area contributed by atoms with Crippen molar-refractivity contribution in [2.75, 3.05) is 26.2 Å². The zero-order valence-corrected chi connectivity index (χ0v) is 13.5. The Morgan fingerprint density at radius 3 is 2.62 bits per heavy atom. The number of likely N-dealkylation sites (tertiary alicyclic amines) is 1. The smallest absolute Gasteiger partial charge is 0.237 e. The summed E-state index contributed by atoms with van der Waals surface area (Å²) in [6.07, 6.45) is 9.83. The van der Waals surface area contributed by atoms with Crippen molar-refractivity contribution in [1.82, 2.24) is 15.5 Å². The van der Waals surface area contributed by atoms with Crippen molar-refractivity contribution in [3.63, 3.8) is 0 Å². The maximum absolute atomic E-state index is 12.6. The first-order valence-electron chi connectivity index (χ1n) is 8.92. The predicted octanol–water partition coefficient (Wildman–Crippen LogP) is 1.90. The van der Waals surface area contributed by atoms with Crippen LogP contribution in [0, 0.1) is 5.41 Å². The van der Waals surface area contributed by atoms with Gasteiger partial charge in [0.2, 0.25) is 5.91 Å². The summed E-state index contributed by atoms with van der Waals surface area (Å²) in [4.78, 5) is 15.1. The molecule has 0 aromatic carbocycles. The highest BCUT2D eigenvalue weighted by Gasteiger charge is 2.37. The number of hydrogen-bond donors (Lipinski definition) is 2. The van der Waals surface area contributed by atoms with Crippen LogP contribution in [0.15, 0.2) is 0 Å². The molecule has 4 heteroatoms. The molecule has 3 fully saturated rings. The lowest BCUT2D eigenvalue weighted by Gasteiger charge is -2.35. The minimum atomic E-state index is 0.137. The molecule has 0 bridgehead atoms. The summed E-state index contributed by atoms with van der Waals surface area (Å²) in [5.74, 6) is 0.291. The Bertz CT molecular complexity index is 359. The van der Waals surface area contributed by atoms with Crippen LogP contribution in [0.2, 0.25) is 0 Å². The summed E-state index contributed by atoms with van der Waals surface area (Å²) in [6.45, 7) is 6.53. The van der Waals surface area contributed by atoms with E-state index in [4.69, 9.17) is 0 Å². The van der Waals surface area contributed by atoms with Crippen LogP contribution < -0.4 is 10.6 Å². The first-order valence-corrected chi connectivity index (χ1v) is 8.92. The van der Waals surface area contributed by atoms with Crippen LogP contribution >= 0.6 is 0 Å². The largest absolute Gasteiger partial charge is 0.354 e. The summed E-state index contributed by atoms with van der Waals surface area (Å²) in [6, 6.07) is 0.754. The van der Waals surface area contributed by atoms with Crippen LogP contribution in [-0.4, -0.2) is 49.1 Å². The molecule has 3 rings (SSSR count). The zero-order chi connectivity index (χ0) is 14.7. The average Bonchev–Trinajstić information content (AvgIpc) is 3.15. The van der Waals surface area contributed by atoms with Gasteiger partial charge in [-0.05, 0) is 63.6 Å². The van der Waals surface area contributed by atoms with Gasteiger partial charge in [0.1, 0.15) is 0 Å². The van der Waals surface area contributed by atoms with Crippen molar-refractivity contribution in [2.45, 2.75) is 70.4 Å². The van der Waals surface area contributed by atoms with Gasteiger partial charge < -0.3 is 10.6 Å². The Hall–Kier alpha value is -0.610. The van der Waals surface area contributed by atoms with E-state index < -0.39 is 0 Å². The average molecular weight is 293 g/mol. The first-order chi connectivity index (χ1) is 10.2. The lowest BCUT2D eigenvalue weighted by Crippen LogP contribution is -2.51. The van der Waals surface area contributed by atoms with Gasteiger partial charge in [-0.15, -0.1) is 0 Å². The first kappa shape index (κ1) is 15.3. The molecular weight excluding hydrogens is 262 g/mol. The van der Waals surface area contributed by atoms with Crippen molar-refractivity contribution in [2.24, 2.45) is 5.41 Å². The van der Waals surface area contributed by atoms with E-state index in [1.54, 1.807) is 0 Å². The second-order valence-corrected chi connectivity index (χ2v) is 7.61. The second-order valence-electron chi connectivity index (χ2n) is 7.61. The summed E-state index contributed by atoms with van der Waals surface area (Å²) >= 11 is 0. The van der Waals surface area contributed by atoms with E-state index in [1.807, 2.05) is 0 Å². The van der Waals surface area contributed by atoms with Gasteiger partial charge in [-0.2, -0.15) is 0 Å². The SMILES string of the molecule is CC1(CNC(=O)C2CCCN2C2CCNCC2)CCCC1. The molecule has 2 saturated heterocycles. The Kier molecular flexibility index (Phi) is 4.85. The van der Waals surface area contributed by atoms with Crippen molar-refractivity contribution < 1.29 is 4.79 Å². The van der Waals surface area contributed by atoms with Gasteiger partial charge in [0.15, 0.2) is 0 Å². The number of piperidine rings is 1. The maximum atomic E-state index is 12.6. The molecule has 21 heavy (non-hydrogen) atoms. The molecule has 4 nitrogen and oxygen atoms in total. The number of carbonyl (C=O) groups excluding carboxylic acids is 1. The number of nitrogens with one attached hydrogen (secondary N) is 2. The Morgan fingerprint density at radius 1 is 1.19 bits per heavy atom. The molecule has 2 N–H and O–H groups in total. The summed E-state index contributed by atoms with van der Waals surface area (Å²) in [5.41, 5.74) is 0.355. The summed E-state index contributed by atoms with van der Waals surface area (Å²) in [5, 5.41) is 6.70. The van der Waals surface area contributed by atoms with Gasteiger partial charge in [-0.25, -0.2) is 0 Å². The molecular formula is C17H31N3O. The van der Waals surface area contributed by atoms with Gasteiger partial charge in [0.05, 0.1) is 6.04 Å². The van der Waals surface area contributed by atoms with Gasteiger partial charge in [-0.1, -0.05) is 19.8 Å². The number of carbonyl (C=O) groups is 1. The molecule has 1 saturated carbocycles. The molecule has 0 spiro atoms. The number of nitrogens with zero attached hydrogens (tertiary/aromatic N) is 1. The van der Waals surface area contributed by atoms with Crippen LogP contribution in [0.1, 0.15) is 58.3 Å². The van der Waals surface area contributed by atoms with Crippen molar-refractivity contribution >= 4 is 5.91 Å². The molecule has 0 radical (unpaired) electrons. The van der Waals surface area contributed by atoms with E-state index in [0.29, 0.717) is 17.4 Å². The highest BCUT2D eigenvalue weighted by molar-refractivity contribution is 5.82. The fourth-order valence-corrected chi connectivity index (χ4v) is 4.47. The zero-order valence-electron chi connectivity index (χ0n) is 13.5. The monoisotopic (exact) mass is 293 g/mol.